The van der Waals surface area contributed by atoms with E-state index in [0.29, 0.717) is 28.2 Å². The van der Waals surface area contributed by atoms with E-state index in [4.69, 9.17) is 0 Å². The molecule has 0 atom stereocenters. The number of hydrogen-bond donors (Lipinski definition) is 4. The van der Waals surface area contributed by atoms with Crippen LogP contribution in [0.2, 0.25) is 0 Å². The van der Waals surface area contributed by atoms with Crippen molar-refractivity contribution >= 4 is 41.8 Å². The molecule has 0 saturated carbocycles. The molecule has 3 aromatic carbocycles. The van der Waals surface area contributed by atoms with Crippen LogP contribution < -0.4 is 20.9 Å². The molecule has 0 aliphatic heterocycles. The van der Waals surface area contributed by atoms with Crippen molar-refractivity contribution in [3.63, 3.8) is 0 Å². The van der Waals surface area contributed by atoms with Crippen molar-refractivity contribution in [1.82, 2.24) is 14.3 Å². The number of carbonyl (C=O) groups excluding carboxylic acids is 2. The molecule has 4 rings (SSSR count). The predicted molar refractivity (Wildman–Crippen MR) is 159 cm³/mol. The summed E-state index contributed by atoms with van der Waals surface area (Å²) in [5.41, 5.74) is 5.26. The Labute approximate surface area is 233 Å². The number of amides is 2. The zero-order chi connectivity index (χ0) is 28.3. The van der Waals surface area contributed by atoms with Gasteiger partial charge in [-0.3, -0.25) is 19.1 Å². The van der Waals surface area contributed by atoms with Crippen molar-refractivity contribution in [2.24, 2.45) is 7.05 Å². The summed E-state index contributed by atoms with van der Waals surface area (Å²) in [5.74, 6) is -0.402. The molecule has 0 saturated heterocycles. The van der Waals surface area contributed by atoms with E-state index in [1.807, 2.05) is 49.4 Å². The van der Waals surface area contributed by atoms with Crippen molar-refractivity contribution in [2.45, 2.75) is 33.1 Å². The summed E-state index contributed by atoms with van der Waals surface area (Å²) >= 11 is 3.78. The van der Waals surface area contributed by atoms with Gasteiger partial charge in [0.1, 0.15) is 0 Å². The van der Waals surface area contributed by atoms with Gasteiger partial charge in [-0.05, 0) is 65.9 Å². The molecule has 0 spiro atoms. The minimum absolute atomic E-state index is 0.00263. The second-order valence-electron chi connectivity index (χ2n) is 10.3. The number of nitrogens with zero attached hydrogens (tertiary/aromatic N) is 2. The molecule has 0 radical (unpaired) electrons. The van der Waals surface area contributed by atoms with Crippen molar-refractivity contribution < 1.29 is 9.59 Å². The maximum atomic E-state index is 13.0. The molecular formula is C30H31N5O3S. The number of thiol groups is 1. The molecular weight excluding hydrogens is 510 g/mol. The quantitative estimate of drug-likeness (QED) is 0.237. The van der Waals surface area contributed by atoms with Crippen LogP contribution >= 0.6 is 12.8 Å². The minimum Gasteiger partial charge on any atom is -0.336 e. The van der Waals surface area contributed by atoms with Gasteiger partial charge >= 0.3 is 0 Å². The summed E-state index contributed by atoms with van der Waals surface area (Å²) in [6.45, 7) is 8.29. The Morgan fingerprint density at radius 2 is 1.51 bits per heavy atom. The van der Waals surface area contributed by atoms with Crippen LogP contribution in [-0.4, -0.2) is 21.4 Å². The molecule has 2 amide bonds. The maximum Gasteiger partial charge on any atom is 0.293 e. The standard InChI is InChI=1S/C30H31N5O3S/c1-18-23(7-6-8-24(18)33-27(36)19-9-13-21(14-10-19)30(2,3)4)25-17-35(5)29(38)26(32-25)31-22-15-11-20(12-16-22)28(37)34-39/h6-17,39H,1-5H3,(H,31,32)(H,33,36)(H,34,37). The van der Waals surface area contributed by atoms with Gasteiger partial charge in [0.2, 0.25) is 0 Å². The van der Waals surface area contributed by atoms with E-state index >= 15 is 0 Å². The molecule has 9 heteroatoms. The van der Waals surface area contributed by atoms with Crippen LogP contribution in [0.3, 0.4) is 0 Å². The highest BCUT2D eigenvalue weighted by atomic mass is 32.1. The van der Waals surface area contributed by atoms with Crippen LogP contribution in [0.1, 0.15) is 52.6 Å². The largest absolute Gasteiger partial charge is 0.336 e. The Morgan fingerprint density at radius 3 is 2.13 bits per heavy atom. The van der Waals surface area contributed by atoms with Crippen LogP contribution in [0.4, 0.5) is 17.2 Å². The number of nitrogens with one attached hydrogen (secondary N) is 3. The molecule has 8 nitrogen and oxygen atoms in total. The summed E-state index contributed by atoms with van der Waals surface area (Å²) in [7, 11) is 1.65. The van der Waals surface area contributed by atoms with Crippen molar-refractivity contribution in [3.8, 4) is 11.3 Å². The van der Waals surface area contributed by atoms with Crippen LogP contribution in [0, 0.1) is 6.92 Å². The van der Waals surface area contributed by atoms with Gasteiger partial charge in [0.25, 0.3) is 17.4 Å². The monoisotopic (exact) mass is 541 g/mol. The molecule has 0 aliphatic carbocycles. The minimum atomic E-state index is -0.328. The third-order valence-electron chi connectivity index (χ3n) is 6.45. The Balaban J connectivity index is 1.60. The molecule has 39 heavy (non-hydrogen) atoms. The normalized spacial score (nSPS) is 11.1. The second-order valence-corrected chi connectivity index (χ2v) is 10.5. The van der Waals surface area contributed by atoms with E-state index in [0.717, 1.165) is 16.7 Å². The van der Waals surface area contributed by atoms with Gasteiger partial charge in [-0.25, -0.2) is 4.98 Å². The Hall–Kier alpha value is -4.37. The van der Waals surface area contributed by atoms with Gasteiger partial charge in [-0.1, -0.05) is 57.9 Å². The van der Waals surface area contributed by atoms with E-state index in [9.17, 15) is 14.4 Å². The van der Waals surface area contributed by atoms with Gasteiger partial charge in [0, 0.05) is 41.3 Å². The summed E-state index contributed by atoms with van der Waals surface area (Å²) in [6, 6.07) is 19.8. The number of aromatic nitrogens is 2. The zero-order valence-electron chi connectivity index (χ0n) is 22.5. The van der Waals surface area contributed by atoms with E-state index in [-0.39, 0.29) is 28.6 Å². The van der Waals surface area contributed by atoms with Crippen LogP contribution in [0.25, 0.3) is 11.3 Å². The fourth-order valence-corrected chi connectivity index (χ4v) is 4.22. The molecule has 200 valence electrons. The van der Waals surface area contributed by atoms with E-state index in [1.54, 1.807) is 37.5 Å². The number of anilines is 3. The third-order valence-corrected chi connectivity index (χ3v) is 6.66. The van der Waals surface area contributed by atoms with Crippen LogP contribution in [0.15, 0.2) is 77.7 Å². The first-order valence-corrected chi connectivity index (χ1v) is 12.8. The van der Waals surface area contributed by atoms with Gasteiger partial charge in [-0.2, -0.15) is 0 Å². The fraction of sp³-hybridized carbons (Fsp3) is 0.200. The molecule has 0 fully saturated rings. The molecule has 0 bridgehead atoms. The molecule has 3 N–H and O–H groups in total. The van der Waals surface area contributed by atoms with E-state index in [1.165, 1.54) is 4.57 Å². The topological polar surface area (TPSA) is 105 Å². The number of hydrogen-bond acceptors (Lipinski definition) is 6. The van der Waals surface area contributed by atoms with Gasteiger partial charge in [0.15, 0.2) is 5.82 Å². The third kappa shape index (κ3) is 6.21. The smallest absolute Gasteiger partial charge is 0.293 e. The van der Waals surface area contributed by atoms with E-state index < -0.39 is 0 Å². The number of rotatable bonds is 6. The molecule has 0 unspecified atom stereocenters. The number of carbonyl (C=O) groups is 2. The Kier molecular flexibility index (Phi) is 7.92. The van der Waals surface area contributed by atoms with Gasteiger partial charge in [-0.15, -0.1) is 0 Å². The second kappa shape index (κ2) is 11.2. The molecule has 1 aromatic heterocycles. The summed E-state index contributed by atoms with van der Waals surface area (Å²) in [4.78, 5) is 42.2. The molecule has 4 aromatic rings. The Morgan fingerprint density at radius 1 is 0.897 bits per heavy atom. The van der Waals surface area contributed by atoms with Crippen molar-refractivity contribution in [1.29, 1.82) is 0 Å². The predicted octanol–water partition coefficient (Wildman–Crippen LogP) is 5.62. The van der Waals surface area contributed by atoms with Crippen LogP contribution in [0.5, 0.6) is 0 Å². The Bertz CT molecular complexity index is 1590. The maximum absolute atomic E-state index is 13.0. The highest BCUT2D eigenvalue weighted by Crippen LogP contribution is 2.29. The average Bonchev–Trinajstić information content (AvgIpc) is 2.92. The number of benzene rings is 3. The average molecular weight is 542 g/mol. The van der Waals surface area contributed by atoms with Gasteiger partial charge < -0.3 is 15.2 Å². The van der Waals surface area contributed by atoms with Crippen LogP contribution in [-0.2, 0) is 12.5 Å². The number of aryl methyl sites for hydroxylation is 1. The molecule has 0 aliphatic rings. The summed E-state index contributed by atoms with van der Waals surface area (Å²) in [6.07, 6.45) is 1.66. The van der Waals surface area contributed by atoms with Crippen molar-refractivity contribution in [2.75, 3.05) is 10.6 Å². The van der Waals surface area contributed by atoms with E-state index in [2.05, 4.69) is 53.9 Å². The lowest BCUT2D eigenvalue weighted by atomic mass is 9.86. The summed E-state index contributed by atoms with van der Waals surface area (Å²) in [5, 5.41) is 6.05. The first-order valence-electron chi connectivity index (χ1n) is 12.4. The highest BCUT2D eigenvalue weighted by Gasteiger charge is 2.17. The fourth-order valence-electron chi connectivity index (χ4n) is 4.09. The first-order chi connectivity index (χ1) is 18.5. The zero-order valence-corrected chi connectivity index (χ0v) is 23.4. The highest BCUT2D eigenvalue weighted by molar-refractivity contribution is 7.78. The van der Waals surface area contributed by atoms with Gasteiger partial charge in [0.05, 0.1) is 5.69 Å². The molecule has 1 heterocycles. The lowest BCUT2D eigenvalue weighted by molar-refractivity contribution is 0.0983. The first kappa shape index (κ1) is 27.7. The van der Waals surface area contributed by atoms with Crippen molar-refractivity contribution in [3.05, 3.63) is 106 Å². The lowest BCUT2D eigenvalue weighted by Gasteiger charge is -2.19. The SMILES string of the molecule is Cc1c(NC(=O)c2ccc(C(C)(C)C)cc2)cccc1-c1cn(C)c(=O)c(Nc2ccc(C(=O)NS)cc2)n1. The lowest BCUT2D eigenvalue weighted by Crippen LogP contribution is -2.21. The summed E-state index contributed by atoms with van der Waals surface area (Å²) < 4.78 is 3.73.